The smallest absolute Gasteiger partial charge is 0.242 e. The lowest BCUT2D eigenvalue weighted by atomic mass is 10.2. The van der Waals surface area contributed by atoms with E-state index in [0.29, 0.717) is 19.0 Å². The average Bonchev–Trinajstić information content (AvgIpc) is 2.89. The molecule has 1 aromatic carbocycles. The normalized spacial score (nSPS) is 12.0. The highest BCUT2D eigenvalue weighted by molar-refractivity contribution is 14.0. The molecule has 0 bridgehead atoms. The minimum absolute atomic E-state index is 0. The first-order valence-electron chi connectivity index (χ1n) is 9.19. The fourth-order valence-corrected chi connectivity index (χ4v) is 3.64. The van der Waals surface area contributed by atoms with E-state index in [1.54, 1.807) is 24.3 Å². The summed E-state index contributed by atoms with van der Waals surface area (Å²) in [5.74, 6) is 0.704. The van der Waals surface area contributed by atoms with E-state index < -0.39 is 10.0 Å². The van der Waals surface area contributed by atoms with Gasteiger partial charge in [0.1, 0.15) is 0 Å². The van der Waals surface area contributed by atoms with E-state index in [2.05, 4.69) is 20.7 Å². The van der Waals surface area contributed by atoms with Gasteiger partial charge in [-0.2, -0.15) is 5.10 Å². The largest absolute Gasteiger partial charge is 0.357 e. The van der Waals surface area contributed by atoms with Gasteiger partial charge >= 0.3 is 0 Å². The van der Waals surface area contributed by atoms with Crippen LogP contribution in [0.3, 0.4) is 0 Å². The quantitative estimate of drug-likeness (QED) is 0.323. The molecule has 2 aromatic rings. The van der Waals surface area contributed by atoms with Gasteiger partial charge in [0.05, 0.1) is 17.1 Å². The van der Waals surface area contributed by atoms with Gasteiger partial charge in [0.15, 0.2) is 5.96 Å². The van der Waals surface area contributed by atoms with Crippen LogP contribution in [-0.4, -0.2) is 49.1 Å². The van der Waals surface area contributed by atoms with Crippen molar-refractivity contribution in [3.8, 4) is 0 Å². The summed E-state index contributed by atoms with van der Waals surface area (Å²) in [5.41, 5.74) is 4.22. The molecule has 29 heavy (non-hydrogen) atoms. The number of nitrogens with zero attached hydrogens (tertiary/aromatic N) is 4. The van der Waals surface area contributed by atoms with Crippen LogP contribution in [0.4, 0.5) is 0 Å². The Morgan fingerprint density at radius 1 is 1.17 bits per heavy atom. The highest BCUT2D eigenvalue weighted by atomic mass is 127. The van der Waals surface area contributed by atoms with Gasteiger partial charge in [-0.05, 0) is 38.5 Å². The Morgan fingerprint density at radius 2 is 1.79 bits per heavy atom. The minimum atomic E-state index is -3.41. The van der Waals surface area contributed by atoms with E-state index in [1.807, 2.05) is 32.5 Å². The van der Waals surface area contributed by atoms with Crippen LogP contribution in [0.15, 0.2) is 34.2 Å². The molecule has 1 aromatic heterocycles. The zero-order valence-electron chi connectivity index (χ0n) is 17.9. The molecule has 2 N–H and O–H groups in total. The number of halogens is 1. The van der Waals surface area contributed by atoms with Crippen molar-refractivity contribution in [3.05, 3.63) is 46.8 Å². The Bertz CT molecular complexity index is 936. The maximum Gasteiger partial charge on any atom is 0.242 e. The fraction of sp³-hybridized carbons (Fsp3) is 0.474. The summed E-state index contributed by atoms with van der Waals surface area (Å²) < 4.78 is 27.4. The summed E-state index contributed by atoms with van der Waals surface area (Å²) in [7, 11) is 1.56. The van der Waals surface area contributed by atoms with E-state index in [4.69, 9.17) is 0 Å². The van der Waals surface area contributed by atoms with Crippen molar-refractivity contribution in [2.24, 2.45) is 12.0 Å². The molecule has 0 saturated heterocycles. The monoisotopic (exact) mass is 534 g/mol. The first-order chi connectivity index (χ1) is 13.2. The summed E-state index contributed by atoms with van der Waals surface area (Å²) in [6, 6.07) is 6.81. The van der Waals surface area contributed by atoms with Crippen LogP contribution in [0, 0.1) is 13.8 Å². The number of rotatable bonds is 7. The Kier molecular flexibility index (Phi) is 9.56. The highest BCUT2D eigenvalue weighted by Gasteiger charge is 2.16. The molecule has 0 unspecified atom stereocenters. The molecule has 0 radical (unpaired) electrons. The third-order valence-corrected chi connectivity index (χ3v) is 6.39. The number of hydrogen-bond donors (Lipinski definition) is 2. The van der Waals surface area contributed by atoms with Crippen LogP contribution in [0.2, 0.25) is 0 Å². The SMILES string of the molecule is CCNC(=NCc1ccc(S(=O)(=O)N(C)C)cc1)NCc1c(C)nn(C)c1C.I. The highest BCUT2D eigenvalue weighted by Crippen LogP contribution is 2.14. The number of aryl methyl sites for hydroxylation is 2. The number of benzene rings is 1. The molecule has 0 aliphatic heterocycles. The van der Waals surface area contributed by atoms with Gasteiger partial charge in [0.25, 0.3) is 0 Å². The molecule has 2 rings (SSSR count). The standard InChI is InChI=1S/C19H30N6O2S.HI/c1-7-20-19(22-13-18-14(2)23-25(6)15(18)3)21-12-16-8-10-17(11-9-16)28(26,27)24(4)5;/h8-11H,7,12-13H2,1-6H3,(H2,20,21,22);1H. The van der Waals surface area contributed by atoms with Gasteiger partial charge in [-0.15, -0.1) is 24.0 Å². The van der Waals surface area contributed by atoms with Crippen molar-refractivity contribution in [2.75, 3.05) is 20.6 Å². The molecular formula is C19H31IN6O2S. The minimum Gasteiger partial charge on any atom is -0.357 e. The number of aromatic nitrogens is 2. The van der Waals surface area contributed by atoms with Crippen LogP contribution in [0.5, 0.6) is 0 Å². The van der Waals surface area contributed by atoms with E-state index in [-0.39, 0.29) is 28.9 Å². The second-order valence-corrected chi connectivity index (χ2v) is 8.90. The van der Waals surface area contributed by atoms with E-state index >= 15 is 0 Å². The molecule has 162 valence electrons. The number of guanidine groups is 1. The molecule has 0 fully saturated rings. The van der Waals surface area contributed by atoms with Crippen molar-refractivity contribution in [2.45, 2.75) is 38.8 Å². The van der Waals surface area contributed by atoms with E-state index in [0.717, 1.165) is 29.1 Å². The third-order valence-electron chi connectivity index (χ3n) is 4.56. The van der Waals surface area contributed by atoms with Crippen molar-refractivity contribution in [1.82, 2.24) is 24.7 Å². The summed E-state index contributed by atoms with van der Waals surface area (Å²) >= 11 is 0. The predicted molar refractivity (Wildman–Crippen MR) is 127 cm³/mol. The Balaban J connectivity index is 0.00000420. The topological polar surface area (TPSA) is 91.6 Å². The summed E-state index contributed by atoms with van der Waals surface area (Å²) in [5, 5.41) is 11.0. The van der Waals surface area contributed by atoms with Gasteiger partial charge in [-0.1, -0.05) is 12.1 Å². The van der Waals surface area contributed by atoms with E-state index in [1.165, 1.54) is 18.4 Å². The summed E-state index contributed by atoms with van der Waals surface area (Å²) in [4.78, 5) is 4.87. The first-order valence-corrected chi connectivity index (χ1v) is 10.6. The predicted octanol–water partition coefficient (Wildman–Crippen LogP) is 2.16. The number of aliphatic imine (C=N–C) groups is 1. The first kappa shape index (κ1) is 25.4. The van der Waals surface area contributed by atoms with Crippen LogP contribution in [-0.2, 0) is 30.2 Å². The maximum absolute atomic E-state index is 12.1. The van der Waals surface area contributed by atoms with Crippen molar-refractivity contribution < 1.29 is 8.42 Å². The van der Waals surface area contributed by atoms with Crippen molar-refractivity contribution in [1.29, 1.82) is 0 Å². The lowest BCUT2D eigenvalue weighted by Crippen LogP contribution is -2.37. The van der Waals surface area contributed by atoms with Crippen molar-refractivity contribution >= 4 is 40.0 Å². The zero-order chi connectivity index (χ0) is 20.9. The van der Waals surface area contributed by atoms with Crippen molar-refractivity contribution in [3.63, 3.8) is 0 Å². The third kappa shape index (κ3) is 6.41. The van der Waals surface area contributed by atoms with Gasteiger partial charge in [0.2, 0.25) is 10.0 Å². The van der Waals surface area contributed by atoms with Crippen LogP contribution in [0.25, 0.3) is 0 Å². The zero-order valence-corrected chi connectivity index (χ0v) is 21.0. The second kappa shape index (κ2) is 10.9. The lowest BCUT2D eigenvalue weighted by molar-refractivity contribution is 0.520. The molecular weight excluding hydrogens is 503 g/mol. The molecule has 0 aliphatic carbocycles. The van der Waals surface area contributed by atoms with Crippen LogP contribution < -0.4 is 10.6 Å². The van der Waals surface area contributed by atoms with Gasteiger partial charge < -0.3 is 10.6 Å². The maximum atomic E-state index is 12.1. The molecule has 1 heterocycles. The molecule has 10 heteroatoms. The summed E-state index contributed by atoms with van der Waals surface area (Å²) in [6.45, 7) is 7.89. The van der Waals surface area contributed by atoms with E-state index in [9.17, 15) is 8.42 Å². The number of hydrogen-bond acceptors (Lipinski definition) is 4. The Morgan fingerprint density at radius 3 is 2.28 bits per heavy atom. The molecule has 0 amide bonds. The Hall–Kier alpha value is -1.66. The Labute approximate surface area is 190 Å². The molecule has 0 saturated carbocycles. The second-order valence-electron chi connectivity index (χ2n) is 6.75. The fourth-order valence-electron chi connectivity index (χ4n) is 2.74. The van der Waals surface area contributed by atoms with Gasteiger partial charge in [-0.3, -0.25) is 4.68 Å². The van der Waals surface area contributed by atoms with Gasteiger partial charge in [-0.25, -0.2) is 17.7 Å². The lowest BCUT2D eigenvalue weighted by Gasteiger charge is -2.13. The van der Waals surface area contributed by atoms with Crippen LogP contribution >= 0.6 is 24.0 Å². The van der Waals surface area contributed by atoms with Gasteiger partial charge in [0, 0.05) is 45.5 Å². The molecule has 8 nitrogen and oxygen atoms in total. The average molecular weight is 534 g/mol. The van der Waals surface area contributed by atoms with Crippen LogP contribution in [0.1, 0.15) is 29.4 Å². The molecule has 0 aliphatic rings. The number of sulfonamides is 1. The molecule has 0 atom stereocenters. The molecule has 0 spiro atoms. The summed E-state index contributed by atoms with van der Waals surface area (Å²) in [6.07, 6.45) is 0. The number of nitrogens with one attached hydrogen (secondary N) is 2.